The number of thiophene rings is 1. The van der Waals surface area contributed by atoms with E-state index in [0.717, 1.165) is 36.5 Å². The maximum atomic E-state index is 12.4. The quantitative estimate of drug-likeness (QED) is 0.871. The van der Waals surface area contributed by atoms with Crippen LogP contribution in [-0.4, -0.2) is 46.2 Å². The summed E-state index contributed by atoms with van der Waals surface area (Å²) >= 11 is 1.59. The first kappa shape index (κ1) is 16.5. The number of nitrogens with one attached hydrogen (secondary N) is 1. The number of aliphatic hydroxyl groups is 1. The molecule has 2 aliphatic rings. The minimum Gasteiger partial charge on any atom is -0.386 e. The van der Waals surface area contributed by atoms with E-state index in [1.807, 2.05) is 11.0 Å². The van der Waals surface area contributed by atoms with Gasteiger partial charge in [0, 0.05) is 36.9 Å². The summed E-state index contributed by atoms with van der Waals surface area (Å²) in [7, 11) is 0. The fraction of sp³-hybridized carbons (Fsp3) is 0.500. The predicted octanol–water partition coefficient (Wildman–Crippen LogP) is 1.79. The number of anilines is 1. The van der Waals surface area contributed by atoms with Gasteiger partial charge in [-0.05, 0) is 43.7 Å². The second-order valence-electron chi connectivity index (χ2n) is 6.91. The number of fused-ring (bicyclic) bond motifs is 1. The maximum absolute atomic E-state index is 12.4. The summed E-state index contributed by atoms with van der Waals surface area (Å²) < 4.78 is 0. The van der Waals surface area contributed by atoms with Crippen LogP contribution in [0.15, 0.2) is 24.7 Å². The molecular formula is C18H22N4O2S. The Morgan fingerprint density at radius 2 is 2.28 bits per heavy atom. The number of piperidine rings is 1. The van der Waals surface area contributed by atoms with Crippen LogP contribution in [0.2, 0.25) is 0 Å². The van der Waals surface area contributed by atoms with Crippen molar-refractivity contribution in [1.82, 2.24) is 15.3 Å². The fourth-order valence-electron chi connectivity index (χ4n) is 3.68. The molecule has 25 heavy (non-hydrogen) atoms. The molecule has 132 valence electrons. The van der Waals surface area contributed by atoms with E-state index in [-0.39, 0.29) is 12.5 Å². The molecule has 0 aromatic carbocycles. The summed E-state index contributed by atoms with van der Waals surface area (Å²) in [6.45, 7) is 1.55. The zero-order chi connectivity index (χ0) is 17.3. The molecule has 0 bridgehead atoms. The number of carbonyl (C=O) groups excluding carboxylic acids is 1. The first-order chi connectivity index (χ1) is 12.1. The average molecular weight is 358 g/mol. The van der Waals surface area contributed by atoms with Crippen molar-refractivity contribution < 1.29 is 9.90 Å². The van der Waals surface area contributed by atoms with Gasteiger partial charge < -0.3 is 15.3 Å². The molecule has 0 radical (unpaired) electrons. The number of β-amino-alcohol motifs (C(OH)–C–C–N with tert-alkyl or cyclic N) is 1. The lowest BCUT2D eigenvalue weighted by atomic mass is 9.92. The number of nitrogens with zero attached hydrogens (tertiary/aromatic N) is 3. The summed E-state index contributed by atoms with van der Waals surface area (Å²) in [6.07, 6.45) is 9.89. The summed E-state index contributed by atoms with van der Waals surface area (Å²) in [6, 6.07) is 2.01. The van der Waals surface area contributed by atoms with Gasteiger partial charge in [0.15, 0.2) is 0 Å². The molecule has 0 saturated carbocycles. The Morgan fingerprint density at radius 3 is 3.08 bits per heavy atom. The molecular weight excluding hydrogens is 336 g/mol. The van der Waals surface area contributed by atoms with Crippen molar-refractivity contribution in [3.05, 3.63) is 40.0 Å². The number of hydrogen-bond donors (Lipinski definition) is 2. The molecule has 1 fully saturated rings. The maximum Gasteiger partial charge on any atom is 0.261 e. The molecule has 1 aliphatic carbocycles. The Morgan fingerprint density at radius 1 is 1.36 bits per heavy atom. The predicted molar refractivity (Wildman–Crippen MR) is 97.1 cm³/mol. The lowest BCUT2D eigenvalue weighted by Gasteiger charge is -2.39. The van der Waals surface area contributed by atoms with Gasteiger partial charge in [-0.1, -0.05) is 0 Å². The van der Waals surface area contributed by atoms with E-state index >= 15 is 0 Å². The van der Waals surface area contributed by atoms with E-state index in [2.05, 4.69) is 15.3 Å². The van der Waals surface area contributed by atoms with E-state index in [0.29, 0.717) is 13.0 Å². The SMILES string of the molecule is O=C(NCC1(O)CCCN(c2cnccn2)C1)c1cc2c(s1)CCC2. The van der Waals surface area contributed by atoms with Gasteiger partial charge in [0.1, 0.15) is 5.82 Å². The number of aromatic nitrogens is 2. The molecule has 1 aliphatic heterocycles. The van der Waals surface area contributed by atoms with Crippen molar-refractivity contribution >= 4 is 23.1 Å². The molecule has 1 unspecified atom stereocenters. The van der Waals surface area contributed by atoms with Crippen LogP contribution in [-0.2, 0) is 12.8 Å². The highest BCUT2D eigenvalue weighted by Crippen LogP contribution is 2.30. The van der Waals surface area contributed by atoms with Crippen LogP contribution in [0, 0.1) is 0 Å². The lowest BCUT2D eigenvalue weighted by Crippen LogP contribution is -2.54. The molecule has 2 N–H and O–H groups in total. The van der Waals surface area contributed by atoms with Crippen molar-refractivity contribution in [2.45, 2.75) is 37.7 Å². The third-order valence-electron chi connectivity index (χ3n) is 4.98. The van der Waals surface area contributed by atoms with E-state index in [1.54, 1.807) is 29.9 Å². The molecule has 2 aromatic rings. The first-order valence-electron chi connectivity index (χ1n) is 8.76. The standard InChI is InChI=1S/C18H22N4O2S/c23-17(15-9-13-3-1-4-14(13)25-15)21-11-18(24)5-2-8-22(12-18)16-10-19-6-7-20-16/h6-7,9-10,24H,1-5,8,11-12H2,(H,21,23). The van der Waals surface area contributed by atoms with E-state index in [1.165, 1.54) is 16.9 Å². The molecule has 2 aromatic heterocycles. The Labute approximate surface area is 150 Å². The number of carbonyl (C=O) groups is 1. The Balaban J connectivity index is 1.38. The van der Waals surface area contributed by atoms with Crippen molar-refractivity contribution in [2.75, 3.05) is 24.5 Å². The van der Waals surface area contributed by atoms with Gasteiger partial charge in [0.25, 0.3) is 5.91 Å². The van der Waals surface area contributed by atoms with Crippen molar-refractivity contribution in [2.24, 2.45) is 0 Å². The Hall–Kier alpha value is -1.99. The third-order valence-corrected chi connectivity index (χ3v) is 6.21. The van der Waals surface area contributed by atoms with Gasteiger partial charge in [0.2, 0.25) is 0 Å². The smallest absolute Gasteiger partial charge is 0.261 e. The molecule has 0 spiro atoms. The highest BCUT2D eigenvalue weighted by molar-refractivity contribution is 7.14. The number of aryl methyl sites for hydroxylation is 2. The normalized spacial score (nSPS) is 22.7. The zero-order valence-corrected chi connectivity index (χ0v) is 14.9. The van der Waals surface area contributed by atoms with Crippen LogP contribution < -0.4 is 10.2 Å². The summed E-state index contributed by atoms with van der Waals surface area (Å²) in [5.74, 6) is 0.686. The topological polar surface area (TPSA) is 78.4 Å². The van der Waals surface area contributed by atoms with Gasteiger partial charge in [0.05, 0.1) is 16.7 Å². The average Bonchev–Trinajstić information content (AvgIpc) is 3.23. The monoisotopic (exact) mass is 358 g/mol. The molecule has 1 atom stereocenters. The van der Waals surface area contributed by atoms with Crippen molar-refractivity contribution in [3.8, 4) is 0 Å². The Kier molecular flexibility index (Phi) is 4.43. The third kappa shape index (κ3) is 3.52. The van der Waals surface area contributed by atoms with E-state index in [9.17, 15) is 9.90 Å². The molecule has 4 rings (SSSR count). The van der Waals surface area contributed by atoms with Crippen LogP contribution in [0.4, 0.5) is 5.82 Å². The number of rotatable bonds is 4. The van der Waals surface area contributed by atoms with Crippen LogP contribution in [0.5, 0.6) is 0 Å². The van der Waals surface area contributed by atoms with E-state index < -0.39 is 5.60 Å². The fourth-order valence-corrected chi connectivity index (χ4v) is 4.85. The molecule has 1 saturated heterocycles. The van der Waals surface area contributed by atoms with Crippen molar-refractivity contribution in [3.63, 3.8) is 0 Å². The second kappa shape index (κ2) is 6.72. The van der Waals surface area contributed by atoms with E-state index in [4.69, 9.17) is 0 Å². The zero-order valence-electron chi connectivity index (χ0n) is 14.1. The minimum atomic E-state index is -0.939. The van der Waals surface area contributed by atoms with Gasteiger partial charge in [-0.2, -0.15) is 0 Å². The van der Waals surface area contributed by atoms with Crippen LogP contribution in [0.3, 0.4) is 0 Å². The highest BCUT2D eigenvalue weighted by Gasteiger charge is 2.34. The number of hydrogen-bond acceptors (Lipinski definition) is 6. The molecule has 7 heteroatoms. The Bertz CT molecular complexity index is 742. The second-order valence-corrected chi connectivity index (χ2v) is 8.05. The van der Waals surface area contributed by atoms with Gasteiger partial charge in [-0.3, -0.25) is 9.78 Å². The highest BCUT2D eigenvalue weighted by atomic mass is 32.1. The summed E-state index contributed by atoms with van der Waals surface area (Å²) in [4.78, 5) is 25.0. The summed E-state index contributed by atoms with van der Waals surface area (Å²) in [5, 5.41) is 13.8. The summed E-state index contributed by atoms with van der Waals surface area (Å²) in [5.41, 5.74) is 0.381. The van der Waals surface area contributed by atoms with Gasteiger partial charge >= 0.3 is 0 Å². The van der Waals surface area contributed by atoms with Crippen LogP contribution in [0.1, 0.15) is 39.4 Å². The molecule has 1 amide bonds. The van der Waals surface area contributed by atoms with Crippen LogP contribution >= 0.6 is 11.3 Å². The van der Waals surface area contributed by atoms with Gasteiger partial charge in [-0.25, -0.2) is 4.98 Å². The largest absolute Gasteiger partial charge is 0.386 e. The first-order valence-corrected chi connectivity index (χ1v) is 9.58. The van der Waals surface area contributed by atoms with Crippen LogP contribution in [0.25, 0.3) is 0 Å². The van der Waals surface area contributed by atoms with Crippen molar-refractivity contribution in [1.29, 1.82) is 0 Å². The number of amides is 1. The minimum absolute atomic E-state index is 0.0792. The molecule has 3 heterocycles. The lowest BCUT2D eigenvalue weighted by molar-refractivity contribution is 0.0255. The van der Waals surface area contributed by atoms with Gasteiger partial charge in [-0.15, -0.1) is 11.3 Å². The molecule has 6 nitrogen and oxygen atoms in total.